The third-order valence-electron chi connectivity index (χ3n) is 3.63. The minimum atomic E-state index is -0.165. The SMILES string of the molecule is Cc1ncccc1C1=CC(=O)c2c(ccn2CCN)C1=O. The molecule has 2 N–H and O–H groups in total. The van der Waals surface area contributed by atoms with E-state index in [1.165, 1.54) is 6.08 Å². The molecule has 2 heterocycles. The van der Waals surface area contributed by atoms with Crippen LogP contribution in [-0.4, -0.2) is 27.7 Å². The average molecular weight is 281 g/mol. The van der Waals surface area contributed by atoms with Crippen molar-refractivity contribution >= 4 is 17.1 Å². The van der Waals surface area contributed by atoms with Gasteiger partial charge in [-0.1, -0.05) is 6.07 Å². The van der Waals surface area contributed by atoms with Gasteiger partial charge in [-0.15, -0.1) is 0 Å². The first-order chi connectivity index (χ1) is 10.1. The number of ketones is 2. The fraction of sp³-hybridized carbons (Fsp3) is 0.188. The third-order valence-corrected chi connectivity index (χ3v) is 3.63. The Balaban J connectivity index is 2.11. The highest BCUT2D eigenvalue weighted by Gasteiger charge is 2.29. The number of carbonyl (C=O) groups is 2. The molecule has 1 aliphatic carbocycles. The molecule has 0 amide bonds. The van der Waals surface area contributed by atoms with Crippen molar-refractivity contribution in [2.24, 2.45) is 5.73 Å². The highest BCUT2D eigenvalue weighted by atomic mass is 16.1. The van der Waals surface area contributed by atoms with Crippen molar-refractivity contribution in [1.82, 2.24) is 9.55 Å². The number of Topliss-reactive ketones (excluding diaryl/α,β-unsaturated/α-hetero) is 1. The van der Waals surface area contributed by atoms with Crippen molar-refractivity contribution in [3.05, 3.63) is 59.2 Å². The number of aryl methyl sites for hydroxylation is 1. The van der Waals surface area contributed by atoms with E-state index in [2.05, 4.69) is 4.98 Å². The summed E-state index contributed by atoms with van der Waals surface area (Å²) in [6.07, 6.45) is 4.81. The van der Waals surface area contributed by atoms with Gasteiger partial charge >= 0.3 is 0 Å². The molecule has 3 rings (SSSR count). The molecule has 0 saturated carbocycles. The molecule has 0 bridgehead atoms. The van der Waals surface area contributed by atoms with Gasteiger partial charge in [0.05, 0.1) is 5.56 Å². The molecule has 1 aliphatic rings. The van der Waals surface area contributed by atoms with E-state index in [0.717, 1.165) is 5.69 Å². The van der Waals surface area contributed by atoms with E-state index in [1.54, 1.807) is 35.2 Å². The Morgan fingerprint density at radius 3 is 2.76 bits per heavy atom. The minimum Gasteiger partial charge on any atom is -0.343 e. The third kappa shape index (κ3) is 2.11. The van der Waals surface area contributed by atoms with Crippen LogP contribution in [0.4, 0.5) is 0 Å². The molecule has 2 aromatic rings. The van der Waals surface area contributed by atoms with Gasteiger partial charge in [0, 0.05) is 42.3 Å². The van der Waals surface area contributed by atoms with Gasteiger partial charge in [-0.3, -0.25) is 14.6 Å². The zero-order valence-electron chi connectivity index (χ0n) is 11.7. The monoisotopic (exact) mass is 281 g/mol. The number of nitrogens with two attached hydrogens (primary N) is 1. The predicted octanol–water partition coefficient (Wildman–Crippen LogP) is 1.61. The van der Waals surface area contributed by atoms with E-state index in [-0.39, 0.29) is 11.6 Å². The standard InChI is InChI=1S/C16H15N3O2/c1-10-11(3-2-6-18-10)13-9-14(20)15-12(16(13)21)4-7-19(15)8-5-17/h2-4,6-7,9H,5,8,17H2,1H3. The minimum absolute atomic E-state index is 0.142. The van der Waals surface area contributed by atoms with Crippen LogP contribution in [0.25, 0.3) is 5.57 Å². The second-order valence-corrected chi connectivity index (χ2v) is 4.95. The van der Waals surface area contributed by atoms with Crippen LogP contribution in [0.3, 0.4) is 0 Å². The maximum atomic E-state index is 12.6. The number of hydrogen-bond donors (Lipinski definition) is 1. The number of nitrogens with zero attached hydrogens (tertiary/aromatic N) is 2. The predicted molar refractivity (Wildman–Crippen MR) is 79.1 cm³/mol. The van der Waals surface area contributed by atoms with Crippen molar-refractivity contribution in [3.63, 3.8) is 0 Å². The molecule has 0 atom stereocenters. The zero-order chi connectivity index (χ0) is 15.0. The van der Waals surface area contributed by atoms with E-state index in [4.69, 9.17) is 5.73 Å². The topological polar surface area (TPSA) is 78.0 Å². The summed E-state index contributed by atoms with van der Waals surface area (Å²) in [6, 6.07) is 5.25. The molecule has 0 unspecified atom stereocenters. The van der Waals surface area contributed by atoms with E-state index in [9.17, 15) is 9.59 Å². The first-order valence-electron chi connectivity index (χ1n) is 6.75. The van der Waals surface area contributed by atoms with Crippen LogP contribution in [-0.2, 0) is 6.54 Å². The summed E-state index contributed by atoms with van der Waals surface area (Å²) in [4.78, 5) is 29.2. The van der Waals surface area contributed by atoms with Crippen LogP contribution in [0.15, 0.2) is 36.7 Å². The summed E-state index contributed by atoms with van der Waals surface area (Å²) in [5.74, 6) is -0.308. The molecule has 5 nitrogen and oxygen atoms in total. The molecular weight excluding hydrogens is 266 g/mol. The van der Waals surface area contributed by atoms with E-state index < -0.39 is 0 Å². The fourth-order valence-corrected chi connectivity index (χ4v) is 2.63. The van der Waals surface area contributed by atoms with Gasteiger partial charge in [0.25, 0.3) is 0 Å². The molecule has 0 fully saturated rings. The van der Waals surface area contributed by atoms with Crippen LogP contribution in [0.1, 0.15) is 32.1 Å². The second-order valence-electron chi connectivity index (χ2n) is 4.95. The summed E-state index contributed by atoms with van der Waals surface area (Å²) >= 11 is 0. The second kappa shape index (κ2) is 5.10. The Morgan fingerprint density at radius 2 is 2.05 bits per heavy atom. The maximum Gasteiger partial charge on any atom is 0.203 e. The molecule has 5 heteroatoms. The number of aromatic nitrogens is 2. The molecule has 2 aromatic heterocycles. The normalized spacial score (nSPS) is 14.1. The average Bonchev–Trinajstić information content (AvgIpc) is 2.89. The lowest BCUT2D eigenvalue weighted by molar-refractivity contribution is 0.0995. The molecule has 21 heavy (non-hydrogen) atoms. The zero-order valence-corrected chi connectivity index (χ0v) is 11.7. The van der Waals surface area contributed by atoms with Crippen LogP contribution in [0.2, 0.25) is 0 Å². The van der Waals surface area contributed by atoms with Gasteiger partial charge in [0.1, 0.15) is 5.69 Å². The summed E-state index contributed by atoms with van der Waals surface area (Å²) in [5.41, 5.74) is 8.24. The summed E-state index contributed by atoms with van der Waals surface area (Å²) in [5, 5.41) is 0. The number of fused-ring (bicyclic) bond motifs is 1. The Kier molecular flexibility index (Phi) is 3.27. The summed E-state index contributed by atoms with van der Waals surface area (Å²) in [6.45, 7) is 2.76. The van der Waals surface area contributed by atoms with Gasteiger partial charge in [-0.25, -0.2) is 0 Å². The van der Waals surface area contributed by atoms with Crippen molar-refractivity contribution in [3.8, 4) is 0 Å². The van der Waals surface area contributed by atoms with E-state index in [0.29, 0.717) is 35.5 Å². The van der Waals surface area contributed by atoms with Gasteiger partial charge in [-0.2, -0.15) is 0 Å². The van der Waals surface area contributed by atoms with Gasteiger partial charge in [0.2, 0.25) is 5.78 Å². The summed E-state index contributed by atoms with van der Waals surface area (Å²) < 4.78 is 1.74. The highest BCUT2D eigenvalue weighted by Crippen LogP contribution is 2.29. The largest absolute Gasteiger partial charge is 0.343 e. The van der Waals surface area contributed by atoms with Gasteiger partial charge in [0.15, 0.2) is 5.78 Å². The van der Waals surface area contributed by atoms with E-state index >= 15 is 0 Å². The lowest BCUT2D eigenvalue weighted by Crippen LogP contribution is -2.21. The quantitative estimate of drug-likeness (QED) is 0.927. The van der Waals surface area contributed by atoms with Crippen molar-refractivity contribution in [1.29, 1.82) is 0 Å². The Hall–Kier alpha value is -2.53. The number of carbonyl (C=O) groups excluding carboxylic acids is 2. The Labute approximate surface area is 122 Å². The van der Waals surface area contributed by atoms with Crippen LogP contribution < -0.4 is 5.73 Å². The van der Waals surface area contributed by atoms with Crippen molar-refractivity contribution < 1.29 is 9.59 Å². The lowest BCUT2D eigenvalue weighted by atomic mass is 9.89. The van der Waals surface area contributed by atoms with Gasteiger partial charge < -0.3 is 10.3 Å². The Morgan fingerprint density at radius 1 is 1.24 bits per heavy atom. The van der Waals surface area contributed by atoms with Crippen molar-refractivity contribution in [2.75, 3.05) is 6.54 Å². The van der Waals surface area contributed by atoms with Crippen molar-refractivity contribution in [2.45, 2.75) is 13.5 Å². The Bertz CT molecular complexity index is 772. The van der Waals surface area contributed by atoms with Crippen LogP contribution in [0, 0.1) is 6.92 Å². The number of rotatable bonds is 3. The smallest absolute Gasteiger partial charge is 0.203 e. The summed E-state index contributed by atoms with van der Waals surface area (Å²) in [7, 11) is 0. The molecule has 0 radical (unpaired) electrons. The van der Waals surface area contributed by atoms with Gasteiger partial charge in [-0.05, 0) is 25.1 Å². The van der Waals surface area contributed by atoms with E-state index in [1.807, 2.05) is 6.92 Å². The molecule has 106 valence electrons. The maximum absolute atomic E-state index is 12.6. The molecular formula is C16H15N3O2. The first kappa shape index (κ1) is 13.5. The lowest BCUT2D eigenvalue weighted by Gasteiger charge is -2.15. The highest BCUT2D eigenvalue weighted by molar-refractivity contribution is 6.38. The molecule has 0 saturated heterocycles. The fourth-order valence-electron chi connectivity index (χ4n) is 2.63. The number of hydrogen-bond acceptors (Lipinski definition) is 4. The number of allylic oxidation sites excluding steroid dienone is 2. The number of pyridine rings is 1. The van der Waals surface area contributed by atoms with Crippen LogP contribution in [0.5, 0.6) is 0 Å². The molecule has 0 aromatic carbocycles. The van der Waals surface area contributed by atoms with Crippen LogP contribution >= 0.6 is 0 Å². The molecule has 0 spiro atoms. The molecule has 0 aliphatic heterocycles. The first-order valence-corrected chi connectivity index (χ1v) is 6.75.